The predicted octanol–water partition coefficient (Wildman–Crippen LogP) is -1.22. The molecule has 1 aromatic heterocycles. The molecule has 0 fully saturated rings. The minimum absolute atomic E-state index is 0. The average Bonchev–Trinajstić information content (AvgIpc) is 2.93. The van der Waals surface area contributed by atoms with Gasteiger partial charge >= 0.3 is 0 Å². The molecule has 0 radical (unpaired) electrons. The van der Waals surface area contributed by atoms with Crippen molar-refractivity contribution >= 4 is 17.7 Å². The number of aromatic hydroxyl groups is 3. The van der Waals surface area contributed by atoms with Crippen LogP contribution in [0.5, 0.6) is 17.2 Å². The summed E-state index contributed by atoms with van der Waals surface area (Å²) in [5, 5.41) is 40.9. The SMILES string of the molecule is CNC(=O)c1ccc(C(=O)NCCNCCNC(=O)c2cc(C)n(Cc3ccccc3)c(=O)c2O)c(O)c1O.O.O.[Gd]. The number of nitrogens with zero attached hydrogens (tertiary/aromatic N) is 1. The molecule has 15 heteroatoms. The van der Waals surface area contributed by atoms with Gasteiger partial charge in [0.05, 0.1) is 23.2 Å². The summed E-state index contributed by atoms with van der Waals surface area (Å²) in [4.78, 5) is 49.2. The van der Waals surface area contributed by atoms with Crippen LogP contribution in [0, 0.1) is 46.9 Å². The maximum atomic E-state index is 12.7. The molecule has 0 aliphatic heterocycles. The number of carbonyl (C=O) groups is 3. The molecule has 2 aromatic carbocycles. The van der Waals surface area contributed by atoms with Gasteiger partial charge in [0.25, 0.3) is 23.3 Å². The number of amides is 3. The van der Waals surface area contributed by atoms with E-state index in [9.17, 15) is 34.5 Å². The Labute approximate surface area is 273 Å². The molecular formula is C27H35GdN5O9. The fourth-order valence-corrected chi connectivity index (χ4v) is 3.82. The first-order valence-electron chi connectivity index (χ1n) is 12.2. The minimum Gasteiger partial charge on any atom is -0.504 e. The van der Waals surface area contributed by atoms with Gasteiger partial charge in [-0.15, -0.1) is 0 Å². The zero-order chi connectivity index (χ0) is 28.5. The van der Waals surface area contributed by atoms with Gasteiger partial charge in [0.15, 0.2) is 17.2 Å². The minimum atomic E-state index is -0.699. The van der Waals surface area contributed by atoms with Gasteiger partial charge in [0, 0.05) is 78.9 Å². The Morgan fingerprint density at radius 1 is 0.738 bits per heavy atom. The van der Waals surface area contributed by atoms with Crippen LogP contribution in [0.15, 0.2) is 53.3 Å². The first kappa shape index (κ1) is 38.4. The molecule has 3 rings (SSSR count). The third-order valence-electron chi connectivity index (χ3n) is 5.95. The van der Waals surface area contributed by atoms with Gasteiger partial charge in [-0.1, -0.05) is 30.3 Å². The van der Waals surface area contributed by atoms with Gasteiger partial charge in [-0.3, -0.25) is 19.2 Å². The van der Waals surface area contributed by atoms with Gasteiger partial charge in [-0.25, -0.2) is 0 Å². The number of phenolic OH excluding ortho intramolecular Hbond substituents is 2. The number of rotatable bonds is 11. The zero-order valence-electron chi connectivity index (χ0n) is 22.9. The van der Waals surface area contributed by atoms with E-state index < -0.39 is 40.5 Å². The van der Waals surface area contributed by atoms with Crippen molar-refractivity contribution in [2.45, 2.75) is 13.5 Å². The van der Waals surface area contributed by atoms with Gasteiger partial charge in [-0.05, 0) is 30.7 Å². The summed E-state index contributed by atoms with van der Waals surface area (Å²) in [6, 6.07) is 13.2. The van der Waals surface area contributed by atoms with Crippen LogP contribution in [0.2, 0.25) is 0 Å². The molecule has 1 heterocycles. The van der Waals surface area contributed by atoms with Crippen molar-refractivity contribution in [2.75, 3.05) is 33.2 Å². The van der Waals surface area contributed by atoms with Crippen molar-refractivity contribution in [3.05, 3.63) is 86.8 Å². The molecule has 42 heavy (non-hydrogen) atoms. The summed E-state index contributed by atoms with van der Waals surface area (Å²) in [6.07, 6.45) is 0. The molecule has 14 nitrogen and oxygen atoms in total. The molecule has 0 unspecified atom stereocenters. The van der Waals surface area contributed by atoms with Crippen LogP contribution in [0.1, 0.15) is 42.3 Å². The van der Waals surface area contributed by atoms with Crippen molar-refractivity contribution in [1.29, 1.82) is 0 Å². The van der Waals surface area contributed by atoms with E-state index in [1.165, 1.54) is 29.8 Å². The van der Waals surface area contributed by atoms with E-state index in [1.54, 1.807) is 6.92 Å². The van der Waals surface area contributed by atoms with E-state index in [-0.39, 0.29) is 87.2 Å². The Balaban J connectivity index is 0.00000560. The van der Waals surface area contributed by atoms with Gasteiger partial charge < -0.3 is 52.1 Å². The van der Waals surface area contributed by atoms with Gasteiger partial charge in [-0.2, -0.15) is 0 Å². The topological polar surface area (TPSA) is 245 Å². The molecule has 0 bridgehead atoms. The van der Waals surface area contributed by atoms with Crippen LogP contribution < -0.4 is 26.8 Å². The number of benzene rings is 2. The number of aromatic nitrogens is 1. The molecule has 11 N–H and O–H groups in total. The van der Waals surface area contributed by atoms with E-state index in [0.29, 0.717) is 18.8 Å². The number of phenols is 2. The van der Waals surface area contributed by atoms with Crippen molar-refractivity contribution in [3.63, 3.8) is 0 Å². The number of nitrogens with one attached hydrogen (secondary N) is 4. The third-order valence-corrected chi connectivity index (χ3v) is 5.95. The van der Waals surface area contributed by atoms with Crippen molar-refractivity contribution in [2.24, 2.45) is 0 Å². The number of hydrogen-bond donors (Lipinski definition) is 7. The number of hydrogen-bond acceptors (Lipinski definition) is 8. The molecule has 0 saturated carbocycles. The largest absolute Gasteiger partial charge is 0.504 e. The maximum Gasteiger partial charge on any atom is 0.294 e. The maximum absolute atomic E-state index is 12.7. The Morgan fingerprint density at radius 2 is 1.24 bits per heavy atom. The number of carbonyl (C=O) groups excluding carboxylic acids is 3. The molecule has 0 atom stereocenters. The summed E-state index contributed by atoms with van der Waals surface area (Å²) in [7, 11) is 1.37. The first-order chi connectivity index (χ1) is 18.6. The third kappa shape index (κ3) is 9.47. The Hall–Kier alpha value is -3.60. The van der Waals surface area contributed by atoms with Crippen LogP contribution >= 0.6 is 0 Å². The van der Waals surface area contributed by atoms with Crippen molar-refractivity contribution in [3.8, 4) is 17.2 Å². The second-order valence-corrected chi connectivity index (χ2v) is 8.62. The van der Waals surface area contributed by atoms with Crippen molar-refractivity contribution < 1.29 is 80.6 Å². The Bertz CT molecular complexity index is 1430. The van der Waals surface area contributed by atoms with Crippen LogP contribution in [0.25, 0.3) is 0 Å². The summed E-state index contributed by atoms with van der Waals surface area (Å²) in [5.41, 5.74) is 0.305. The molecule has 3 amide bonds. The second-order valence-electron chi connectivity index (χ2n) is 8.62. The van der Waals surface area contributed by atoms with E-state index in [4.69, 9.17) is 0 Å². The van der Waals surface area contributed by atoms with Crippen LogP contribution in [-0.4, -0.2) is 81.8 Å². The monoisotopic (exact) mass is 731 g/mol. The average molecular weight is 731 g/mol. The summed E-state index contributed by atoms with van der Waals surface area (Å²) < 4.78 is 1.40. The standard InChI is InChI=1S/C27H31N5O7.Gd.2H2O/c1-16-14-20(23(35)27(39)32(16)15-17-6-4-3-5-7-17)26(38)31-13-11-29-10-12-30-25(37)19-9-8-18(24(36)28-2)21(33)22(19)34;;;/h3-9,14,29,33-35H,10-13,15H2,1-2H3,(H,28,36)(H,30,37)(H,31,38);;2*1H2. The van der Waals surface area contributed by atoms with E-state index in [0.717, 1.165) is 5.56 Å². The van der Waals surface area contributed by atoms with E-state index >= 15 is 0 Å². The van der Waals surface area contributed by atoms with Crippen LogP contribution in [0.4, 0.5) is 0 Å². The Morgan fingerprint density at radius 3 is 1.76 bits per heavy atom. The molecule has 0 aliphatic carbocycles. The fourth-order valence-electron chi connectivity index (χ4n) is 3.82. The molecule has 0 saturated heterocycles. The van der Waals surface area contributed by atoms with Crippen LogP contribution in [0.3, 0.4) is 0 Å². The van der Waals surface area contributed by atoms with Gasteiger partial charge in [0.1, 0.15) is 0 Å². The van der Waals surface area contributed by atoms with Gasteiger partial charge in [0.2, 0.25) is 0 Å². The molecule has 230 valence electrons. The number of pyridine rings is 1. The number of aryl methyl sites for hydroxylation is 1. The fraction of sp³-hybridized carbons (Fsp3) is 0.259. The Kier molecular flexibility index (Phi) is 16.5. The molecule has 0 aliphatic rings. The van der Waals surface area contributed by atoms with E-state index in [1.807, 2.05) is 30.3 Å². The second kappa shape index (κ2) is 18.1. The normalized spacial score (nSPS) is 9.86. The molecule has 0 spiro atoms. The summed E-state index contributed by atoms with van der Waals surface area (Å²) in [6.45, 7) is 2.97. The zero-order valence-corrected chi connectivity index (χ0v) is 25.2. The quantitative estimate of drug-likeness (QED) is 0.0929. The molecular weight excluding hydrogens is 696 g/mol. The van der Waals surface area contributed by atoms with Crippen molar-refractivity contribution in [1.82, 2.24) is 25.8 Å². The predicted molar refractivity (Wildman–Crippen MR) is 151 cm³/mol. The smallest absolute Gasteiger partial charge is 0.294 e. The summed E-state index contributed by atoms with van der Waals surface area (Å²) >= 11 is 0. The molecule has 3 aromatic rings. The first-order valence-corrected chi connectivity index (χ1v) is 12.2. The summed E-state index contributed by atoms with van der Waals surface area (Å²) in [5.74, 6) is -3.85. The van der Waals surface area contributed by atoms with E-state index in [2.05, 4.69) is 21.3 Å². The van der Waals surface area contributed by atoms with Crippen LogP contribution in [-0.2, 0) is 6.54 Å².